The predicted octanol–water partition coefficient (Wildman–Crippen LogP) is 2.57. The number of aldehydes is 1. The highest BCUT2D eigenvalue weighted by Crippen LogP contribution is 2.25. The number of carbonyl (C=O) groups is 1. The second kappa shape index (κ2) is 3.51. The van der Waals surface area contributed by atoms with E-state index >= 15 is 0 Å². The molecule has 76 valence electrons. The van der Waals surface area contributed by atoms with Crippen LogP contribution in [0, 0.1) is 6.92 Å². The van der Waals surface area contributed by atoms with Gasteiger partial charge in [0.25, 0.3) is 0 Å². The van der Waals surface area contributed by atoms with Crippen molar-refractivity contribution in [3.63, 3.8) is 0 Å². The van der Waals surface area contributed by atoms with Crippen molar-refractivity contribution in [3.8, 4) is 0 Å². The van der Waals surface area contributed by atoms with Crippen LogP contribution in [0.4, 0.5) is 0 Å². The van der Waals surface area contributed by atoms with Gasteiger partial charge in [-0.05, 0) is 18.6 Å². The second-order valence-electron chi connectivity index (χ2n) is 3.19. The van der Waals surface area contributed by atoms with Crippen molar-refractivity contribution in [3.05, 3.63) is 44.8 Å². The molecular weight excluding hydrogens is 216 g/mol. The molecule has 1 aromatic heterocycles. The van der Waals surface area contributed by atoms with Crippen molar-refractivity contribution in [2.24, 2.45) is 0 Å². The molecule has 0 aliphatic carbocycles. The standard InChI is InChI=1S/C11H7ClO3/c1-6-3-2-4-7-9(12)8(5-13)11(14)15-10(6)7/h2-5H,1H3. The van der Waals surface area contributed by atoms with E-state index in [2.05, 4.69) is 0 Å². The smallest absolute Gasteiger partial charge is 0.348 e. The molecule has 0 fully saturated rings. The van der Waals surface area contributed by atoms with E-state index in [0.717, 1.165) is 5.56 Å². The molecular formula is C11H7ClO3. The van der Waals surface area contributed by atoms with Crippen LogP contribution in [-0.2, 0) is 0 Å². The first-order valence-electron chi connectivity index (χ1n) is 4.32. The molecule has 0 amide bonds. The van der Waals surface area contributed by atoms with E-state index in [1.807, 2.05) is 13.0 Å². The molecule has 0 aliphatic rings. The van der Waals surface area contributed by atoms with E-state index in [1.165, 1.54) is 0 Å². The highest BCUT2D eigenvalue weighted by atomic mass is 35.5. The first-order chi connectivity index (χ1) is 7.15. The fourth-order valence-corrected chi connectivity index (χ4v) is 1.71. The van der Waals surface area contributed by atoms with Gasteiger partial charge in [0.1, 0.15) is 11.1 Å². The van der Waals surface area contributed by atoms with Gasteiger partial charge in [-0.25, -0.2) is 4.79 Å². The molecule has 1 aromatic carbocycles. The lowest BCUT2D eigenvalue weighted by Gasteiger charge is -2.03. The van der Waals surface area contributed by atoms with E-state index in [0.29, 0.717) is 17.3 Å². The number of halogens is 1. The molecule has 0 unspecified atom stereocenters. The number of fused-ring (bicyclic) bond motifs is 1. The number of benzene rings is 1. The highest BCUT2D eigenvalue weighted by Gasteiger charge is 2.12. The van der Waals surface area contributed by atoms with Gasteiger partial charge in [0.05, 0.1) is 5.02 Å². The monoisotopic (exact) mass is 222 g/mol. The van der Waals surface area contributed by atoms with Gasteiger partial charge >= 0.3 is 5.63 Å². The fourth-order valence-electron chi connectivity index (χ4n) is 1.44. The van der Waals surface area contributed by atoms with Crippen LogP contribution in [0.1, 0.15) is 15.9 Å². The molecule has 4 heteroatoms. The summed E-state index contributed by atoms with van der Waals surface area (Å²) >= 11 is 5.93. The third kappa shape index (κ3) is 1.45. The second-order valence-corrected chi connectivity index (χ2v) is 3.56. The van der Waals surface area contributed by atoms with E-state index in [1.54, 1.807) is 12.1 Å². The normalized spacial score (nSPS) is 10.5. The van der Waals surface area contributed by atoms with Crippen LogP contribution in [0.3, 0.4) is 0 Å². The Labute approximate surface area is 90.3 Å². The van der Waals surface area contributed by atoms with E-state index < -0.39 is 5.63 Å². The molecule has 2 rings (SSSR count). The lowest BCUT2D eigenvalue weighted by atomic mass is 10.1. The quantitative estimate of drug-likeness (QED) is 0.550. The summed E-state index contributed by atoms with van der Waals surface area (Å²) < 4.78 is 5.02. The zero-order chi connectivity index (χ0) is 11.0. The van der Waals surface area contributed by atoms with Gasteiger partial charge in [0.2, 0.25) is 0 Å². The lowest BCUT2D eigenvalue weighted by molar-refractivity contribution is 0.112. The van der Waals surface area contributed by atoms with Crippen LogP contribution in [0.25, 0.3) is 11.0 Å². The zero-order valence-corrected chi connectivity index (χ0v) is 8.67. The zero-order valence-electron chi connectivity index (χ0n) is 7.91. The Morgan fingerprint density at radius 1 is 1.40 bits per heavy atom. The number of hydrogen-bond donors (Lipinski definition) is 0. The molecule has 0 spiro atoms. The fraction of sp³-hybridized carbons (Fsp3) is 0.0909. The van der Waals surface area contributed by atoms with Crippen LogP contribution >= 0.6 is 11.6 Å². The van der Waals surface area contributed by atoms with E-state index in [-0.39, 0.29) is 10.6 Å². The summed E-state index contributed by atoms with van der Waals surface area (Å²) in [5, 5.41) is 0.735. The summed E-state index contributed by atoms with van der Waals surface area (Å²) in [6, 6.07) is 5.31. The summed E-state index contributed by atoms with van der Waals surface area (Å²) in [5.74, 6) is 0. The number of carbonyl (C=O) groups excluding carboxylic acids is 1. The average Bonchev–Trinajstić information content (AvgIpc) is 2.20. The lowest BCUT2D eigenvalue weighted by Crippen LogP contribution is -2.07. The topological polar surface area (TPSA) is 47.3 Å². The predicted molar refractivity (Wildman–Crippen MR) is 57.6 cm³/mol. The summed E-state index contributed by atoms with van der Waals surface area (Å²) in [4.78, 5) is 22.0. The Morgan fingerprint density at radius 3 is 2.80 bits per heavy atom. The molecule has 0 aliphatic heterocycles. The highest BCUT2D eigenvalue weighted by molar-refractivity contribution is 6.37. The minimum atomic E-state index is -0.697. The Kier molecular flexibility index (Phi) is 2.32. The Morgan fingerprint density at radius 2 is 2.13 bits per heavy atom. The number of aryl methyl sites for hydroxylation is 1. The van der Waals surface area contributed by atoms with Gasteiger partial charge in [-0.1, -0.05) is 23.7 Å². The van der Waals surface area contributed by atoms with Crippen LogP contribution in [0.2, 0.25) is 5.02 Å². The molecule has 0 radical (unpaired) electrons. The van der Waals surface area contributed by atoms with Crippen molar-refractivity contribution in [2.75, 3.05) is 0 Å². The minimum absolute atomic E-state index is 0.130. The SMILES string of the molecule is Cc1cccc2c(Cl)c(C=O)c(=O)oc12. The summed E-state index contributed by atoms with van der Waals surface area (Å²) in [7, 11) is 0. The summed E-state index contributed by atoms with van der Waals surface area (Å²) in [5.41, 5.74) is 0.411. The molecule has 0 saturated carbocycles. The van der Waals surface area contributed by atoms with Crippen LogP contribution < -0.4 is 5.63 Å². The van der Waals surface area contributed by atoms with Crippen LogP contribution in [0.15, 0.2) is 27.4 Å². The first-order valence-corrected chi connectivity index (χ1v) is 4.70. The van der Waals surface area contributed by atoms with Gasteiger partial charge in [0.15, 0.2) is 6.29 Å². The van der Waals surface area contributed by atoms with Crippen molar-refractivity contribution in [2.45, 2.75) is 6.92 Å². The molecule has 0 atom stereocenters. The van der Waals surface area contributed by atoms with Crippen molar-refractivity contribution in [1.29, 1.82) is 0 Å². The van der Waals surface area contributed by atoms with Crippen molar-refractivity contribution < 1.29 is 9.21 Å². The third-order valence-corrected chi connectivity index (χ3v) is 2.62. The number of hydrogen-bond acceptors (Lipinski definition) is 3. The van der Waals surface area contributed by atoms with Crippen molar-refractivity contribution in [1.82, 2.24) is 0 Å². The average molecular weight is 223 g/mol. The third-order valence-electron chi connectivity index (χ3n) is 2.22. The first kappa shape index (κ1) is 9.93. The number of para-hydroxylation sites is 1. The minimum Gasteiger partial charge on any atom is -0.422 e. The van der Waals surface area contributed by atoms with Crippen molar-refractivity contribution >= 4 is 28.9 Å². The number of rotatable bonds is 1. The maximum atomic E-state index is 11.4. The van der Waals surface area contributed by atoms with Crippen LogP contribution in [0.5, 0.6) is 0 Å². The summed E-state index contributed by atoms with van der Waals surface area (Å²) in [6.45, 7) is 1.81. The van der Waals surface area contributed by atoms with Gasteiger partial charge in [-0.15, -0.1) is 0 Å². The van der Waals surface area contributed by atoms with Crippen LogP contribution in [-0.4, -0.2) is 6.29 Å². The van der Waals surface area contributed by atoms with Gasteiger partial charge in [-0.2, -0.15) is 0 Å². The molecule has 15 heavy (non-hydrogen) atoms. The maximum absolute atomic E-state index is 11.4. The van der Waals surface area contributed by atoms with Gasteiger partial charge < -0.3 is 4.42 Å². The van der Waals surface area contributed by atoms with E-state index in [4.69, 9.17) is 16.0 Å². The molecule has 1 heterocycles. The molecule has 0 N–H and O–H groups in total. The Hall–Kier alpha value is -1.61. The maximum Gasteiger partial charge on any atom is 0.348 e. The largest absolute Gasteiger partial charge is 0.422 e. The Balaban J connectivity index is 3.04. The Bertz CT molecular complexity index is 599. The molecule has 3 nitrogen and oxygen atoms in total. The van der Waals surface area contributed by atoms with E-state index in [9.17, 15) is 9.59 Å². The molecule has 0 bridgehead atoms. The molecule has 2 aromatic rings. The van der Waals surface area contributed by atoms with Gasteiger partial charge in [0, 0.05) is 5.39 Å². The molecule has 0 saturated heterocycles. The van der Waals surface area contributed by atoms with Gasteiger partial charge in [-0.3, -0.25) is 4.79 Å². The summed E-state index contributed by atoms with van der Waals surface area (Å²) in [6.07, 6.45) is 0.413.